The fraction of sp³-hybridized carbons (Fsp3) is 0.385. The number of hydrogen-bond donors (Lipinski definition) is 2. The number of rotatable bonds is 3. The summed E-state index contributed by atoms with van der Waals surface area (Å²) in [5.41, 5.74) is 0.840. The van der Waals surface area contributed by atoms with E-state index in [9.17, 15) is 14.7 Å². The third kappa shape index (κ3) is 1.51. The SMILES string of the molecule is O=C(c1ccc2oc(=O)[nH]c2c1)C1(CO)CCC1. The van der Waals surface area contributed by atoms with Crippen LogP contribution in [0.4, 0.5) is 0 Å². The van der Waals surface area contributed by atoms with Gasteiger partial charge in [0.1, 0.15) is 0 Å². The number of aliphatic hydroxyl groups excluding tert-OH is 1. The number of nitrogens with one attached hydrogen (secondary N) is 1. The van der Waals surface area contributed by atoms with Crippen LogP contribution in [0, 0.1) is 5.41 Å². The molecule has 0 aliphatic heterocycles. The number of oxazole rings is 1. The van der Waals surface area contributed by atoms with E-state index in [1.54, 1.807) is 18.2 Å². The van der Waals surface area contributed by atoms with Crippen molar-refractivity contribution in [2.45, 2.75) is 19.3 Å². The Hall–Kier alpha value is -1.88. The lowest BCUT2D eigenvalue weighted by molar-refractivity contribution is 0.0348. The summed E-state index contributed by atoms with van der Waals surface area (Å²) in [6.45, 7) is -0.119. The molecule has 5 heteroatoms. The number of ketones is 1. The minimum atomic E-state index is -0.613. The average Bonchev–Trinajstić information content (AvgIpc) is 2.67. The third-order valence-corrected chi connectivity index (χ3v) is 3.78. The van der Waals surface area contributed by atoms with Crippen molar-refractivity contribution in [2.75, 3.05) is 6.61 Å². The van der Waals surface area contributed by atoms with Gasteiger partial charge in [0.25, 0.3) is 0 Å². The van der Waals surface area contributed by atoms with Gasteiger partial charge in [-0.15, -0.1) is 0 Å². The van der Waals surface area contributed by atoms with Crippen LogP contribution in [-0.2, 0) is 0 Å². The highest BCUT2D eigenvalue weighted by Crippen LogP contribution is 2.43. The number of carbonyl (C=O) groups excluding carboxylic acids is 1. The first-order valence-electron chi connectivity index (χ1n) is 5.93. The summed E-state index contributed by atoms with van der Waals surface area (Å²) in [5, 5.41) is 9.39. The molecule has 1 fully saturated rings. The van der Waals surface area contributed by atoms with Crippen LogP contribution in [0.15, 0.2) is 27.4 Å². The number of aromatic amines is 1. The van der Waals surface area contributed by atoms with Crippen molar-refractivity contribution in [3.63, 3.8) is 0 Å². The number of Topliss-reactive ketones (excluding diaryl/α,β-unsaturated/α-hetero) is 1. The molecule has 5 nitrogen and oxygen atoms in total. The molecule has 1 saturated carbocycles. The van der Waals surface area contributed by atoms with Crippen molar-refractivity contribution in [3.8, 4) is 0 Å². The standard InChI is InChI=1S/C13H13NO4/c15-7-13(4-1-5-13)11(16)8-2-3-10-9(6-8)14-12(17)18-10/h2-3,6,15H,1,4-5,7H2,(H,14,17). The lowest BCUT2D eigenvalue weighted by Crippen LogP contribution is -2.41. The van der Waals surface area contributed by atoms with Crippen LogP contribution in [-0.4, -0.2) is 22.5 Å². The van der Waals surface area contributed by atoms with E-state index in [0.717, 1.165) is 19.3 Å². The van der Waals surface area contributed by atoms with Gasteiger partial charge < -0.3 is 9.52 Å². The molecule has 3 rings (SSSR count). The lowest BCUT2D eigenvalue weighted by atomic mass is 9.65. The molecular formula is C13H13NO4. The molecule has 0 atom stereocenters. The highest BCUT2D eigenvalue weighted by atomic mass is 16.4. The summed E-state index contributed by atoms with van der Waals surface area (Å²) >= 11 is 0. The summed E-state index contributed by atoms with van der Waals surface area (Å²) in [6.07, 6.45) is 2.42. The summed E-state index contributed by atoms with van der Waals surface area (Å²) in [6, 6.07) is 4.85. The third-order valence-electron chi connectivity index (χ3n) is 3.78. The summed E-state index contributed by atoms with van der Waals surface area (Å²) in [7, 11) is 0. The first-order chi connectivity index (χ1) is 8.64. The number of fused-ring (bicyclic) bond motifs is 1. The smallest absolute Gasteiger partial charge is 0.408 e. The van der Waals surface area contributed by atoms with Gasteiger partial charge in [-0.2, -0.15) is 0 Å². The van der Waals surface area contributed by atoms with E-state index in [0.29, 0.717) is 16.7 Å². The largest absolute Gasteiger partial charge is 0.417 e. The number of benzene rings is 1. The van der Waals surface area contributed by atoms with Crippen molar-refractivity contribution in [1.29, 1.82) is 0 Å². The average molecular weight is 247 g/mol. The van der Waals surface area contributed by atoms with Crippen molar-refractivity contribution < 1.29 is 14.3 Å². The van der Waals surface area contributed by atoms with Crippen molar-refractivity contribution in [3.05, 3.63) is 34.3 Å². The molecular weight excluding hydrogens is 234 g/mol. The van der Waals surface area contributed by atoms with E-state index in [-0.39, 0.29) is 12.4 Å². The molecule has 0 amide bonds. The number of carbonyl (C=O) groups is 1. The van der Waals surface area contributed by atoms with Crippen molar-refractivity contribution in [2.24, 2.45) is 5.41 Å². The molecule has 2 aromatic rings. The van der Waals surface area contributed by atoms with E-state index in [4.69, 9.17) is 4.42 Å². The second-order valence-corrected chi connectivity index (χ2v) is 4.85. The van der Waals surface area contributed by atoms with Crippen LogP contribution in [0.25, 0.3) is 11.1 Å². The zero-order valence-electron chi connectivity index (χ0n) is 9.73. The zero-order valence-corrected chi connectivity index (χ0v) is 9.73. The number of aromatic nitrogens is 1. The molecule has 2 N–H and O–H groups in total. The van der Waals surface area contributed by atoms with Crippen LogP contribution in [0.5, 0.6) is 0 Å². The predicted octanol–water partition coefficient (Wildman–Crippen LogP) is 1.47. The Morgan fingerprint density at radius 2 is 2.22 bits per heavy atom. The molecule has 0 bridgehead atoms. The molecule has 1 aromatic carbocycles. The van der Waals surface area contributed by atoms with Gasteiger partial charge in [0.15, 0.2) is 11.4 Å². The minimum absolute atomic E-state index is 0.0554. The molecule has 1 aliphatic rings. The van der Waals surface area contributed by atoms with E-state index in [1.807, 2.05) is 0 Å². The lowest BCUT2D eigenvalue weighted by Gasteiger charge is -2.38. The fourth-order valence-corrected chi connectivity index (χ4v) is 2.46. The Morgan fingerprint density at radius 1 is 1.44 bits per heavy atom. The maximum Gasteiger partial charge on any atom is 0.417 e. The molecule has 0 spiro atoms. The minimum Gasteiger partial charge on any atom is -0.408 e. The summed E-state index contributed by atoms with van der Waals surface area (Å²) < 4.78 is 4.88. The van der Waals surface area contributed by atoms with Gasteiger partial charge in [0.2, 0.25) is 0 Å². The van der Waals surface area contributed by atoms with Crippen LogP contribution in [0.1, 0.15) is 29.6 Å². The monoisotopic (exact) mass is 247 g/mol. The Balaban J connectivity index is 2.03. The van der Waals surface area contributed by atoms with E-state index in [2.05, 4.69) is 4.98 Å². The normalized spacial score (nSPS) is 17.6. The first-order valence-corrected chi connectivity index (χ1v) is 5.93. The zero-order chi connectivity index (χ0) is 12.8. The van der Waals surface area contributed by atoms with Gasteiger partial charge in [-0.1, -0.05) is 6.42 Å². The first kappa shape index (κ1) is 11.2. The maximum absolute atomic E-state index is 12.3. The Kier molecular flexibility index (Phi) is 2.38. The summed E-state index contributed by atoms with van der Waals surface area (Å²) in [5.74, 6) is -0.588. The van der Waals surface area contributed by atoms with Crippen molar-refractivity contribution >= 4 is 16.9 Å². The van der Waals surface area contributed by atoms with Crippen molar-refractivity contribution in [1.82, 2.24) is 4.98 Å². The van der Waals surface area contributed by atoms with Gasteiger partial charge in [-0.3, -0.25) is 9.78 Å². The summed E-state index contributed by atoms with van der Waals surface area (Å²) in [4.78, 5) is 25.9. The number of aliphatic hydroxyl groups is 1. The Labute approximate surface area is 102 Å². The highest BCUT2D eigenvalue weighted by molar-refractivity contribution is 6.03. The van der Waals surface area contributed by atoms with Crippen LogP contribution in [0.3, 0.4) is 0 Å². The molecule has 18 heavy (non-hydrogen) atoms. The van der Waals surface area contributed by atoms with Gasteiger partial charge >= 0.3 is 5.76 Å². The Morgan fingerprint density at radius 3 is 2.83 bits per heavy atom. The van der Waals surface area contributed by atoms with Gasteiger partial charge in [0.05, 0.1) is 17.5 Å². The molecule has 94 valence electrons. The van der Waals surface area contributed by atoms with Crippen LogP contribution in [0.2, 0.25) is 0 Å². The maximum atomic E-state index is 12.3. The predicted molar refractivity (Wildman–Crippen MR) is 64.5 cm³/mol. The van der Waals surface area contributed by atoms with E-state index >= 15 is 0 Å². The van der Waals surface area contributed by atoms with Gasteiger partial charge in [-0.05, 0) is 31.0 Å². The second kappa shape index (κ2) is 3.81. The van der Waals surface area contributed by atoms with Gasteiger partial charge in [-0.25, -0.2) is 4.79 Å². The highest BCUT2D eigenvalue weighted by Gasteiger charge is 2.43. The van der Waals surface area contributed by atoms with E-state index < -0.39 is 11.2 Å². The quantitative estimate of drug-likeness (QED) is 0.804. The topological polar surface area (TPSA) is 83.3 Å². The molecule has 0 radical (unpaired) electrons. The molecule has 1 heterocycles. The van der Waals surface area contributed by atoms with Gasteiger partial charge in [0, 0.05) is 5.56 Å². The Bertz CT molecular complexity index is 657. The van der Waals surface area contributed by atoms with E-state index in [1.165, 1.54) is 0 Å². The molecule has 1 aliphatic carbocycles. The van der Waals surface area contributed by atoms with Crippen LogP contribution >= 0.6 is 0 Å². The molecule has 0 saturated heterocycles. The molecule has 0 unspecified atom stereocenters. The molecule has 1 aromatic heterocycles. The second-order valence-electron chi connectivity index (χ2n) is 4.85. The number of hydrogen-bond acceptors (Lipinski definition) is 4. The fourth-order valence-electron chi connectivity index (χ4n) is 2.46. The van der Waals surface area contributed by atoms with Crippen LogP contribution < -0.4 is 5.76 Å². The number of H-pyrrole nitrogens is 1.